The Morgan fingerprint density at radius 2 is 2.07 bits per heavy atom. The molecule has 72 valence electrons. The van der Waals surface area contributed by atoms with Crippen LogP contribution in [0.4, 0.5) is 10.5 Å². The predicted molar refractivity (Wildman–Crippen MR) is 52.7 cm³/mol. The molecule has 0 bridgehead atoms. The van der Waals surface area contributed by atoms with Gasteiger partial charge in [-0.3, -0.25) is 15.1 Å². The van der Waals surface area contributed by atoms with E-state index in [1.165, 1.54) is 0 Å². The molecule has 3 amide bonds. The summed E-state index contributed by atoms with van der Waals surface area (Å²) in [6.45, 7) is 0. The number of hydrogen-bond acceptors (Lipinski definition) is 3. The van der Waals surface area contributed by atoms with E-state index in [1.54, 1.807) is 24.4 Å². The molecular weight excluding hydrogens is 194 g/mol. The number of imide groups is 1. The maximum Gasteiger partial charge on any atom is 0.348 e. The minimum Gasteiger partial charge on any atom is -0.272 e. The predicted octanol–water partition coefficient (Wildman–Crippen LogP) is -0.334. The molecule has 0 aliphatic carbocycles. The van der Waals surface area contributed by atoms with Crippen LogP contribution in [0.5, 0.6) is 0 Å². The number of carbonyl (C=O) groups excluding carboxylic acids is 2. The minimum absolute atomic E-state index is 0.409. The summed E-state index contributed by atoms with van der Waals surface area (Å²) in [5.74, 6) is -0.409. The van der Waals surface area contributed by atoms with E-state index in [0.717, 1.165) is 10.9 Å². The zero-order chi connectivity index (χ0) is 10.4. The molecule has 0 fully saturated rings. The summed E-state index contributed by atoms with van der Waals surface area (Å²) in [6, 6.07) is 2.73. The van der Waals surface area contributed by atoms with Crippen molar-refractivity contribution >= 4 is 29.9 Å². The second-order valence-corrected chi connectivity index (χ2v) is 3.21. The molecule has 0 saturated heterocycles. The van der Waals surface area contributed by atoms with Crippen molar-refractivity contribution < 1.29 is 9.59 Å². The van der Waals surface area contributed by atoms with E-state index in [0.29, 0.717) is 10.9 Å². The van der Waals surface area contributed by atoms with Crippen molar-refractivity contribution in [3.63, 3.8) is 0 Å². The van der Waals surface area contributed by atoms with E-state index >= 15 is 0 Å². The van der Waals surface area contributed by atoms with E-state index in [-0.39, 0.29) is 0 Å². The molecule has 5 nitrogen and oxygen atoms in total. The lowest BCUT2D eigenvalue weighted by Gasteiger charge is -2.07. The Morgan fingerprint density at radius 1 is 1.20 bits per heavy atom. The fourth-order valence-electron chi connectivity index (χ4n) is 1.66. The van der Waals surface area contributed by atoms with Crippen LogP contribution in [-0.2, 0) is 0 Å². The van der Waals surface area contributed by atoms with Crippen LogP contribution in [0, 0.1) is 0 Å². The Kier molecular flexibility index (Phi) is 1.39. The van der Waals surface area contributed by atoms with Gasteiger partial charge in [-0.25, -0.2) is 4.79 Å². The molecule has 15 heavy (non-hydrogen) atoms. The summed E-state index contributed by atoms with van der Waals surface area (Å²) in [4.78, 5) is 30.4. The fraction of sp³-hybridized carbons (Fsp3) is 0. The average Bonchev–Trinajstić information content (AvgIpc) is 2.65. The number of fused-ring (bicyclic) bond motifs is 3. The van der Waals surface area contributed by atoms with Crippen LogP contribution in [0.25, 0.3) is 6.08 Å². The van der Waals surface area contributed by atoms with E-state index in [1.807, 2.05) is 0 Å². The molecule has 0 unspecified atom stereocenters. The zero-order valence-corrected chi connectivity index (χ0v) is 7.52. The largest absolute Gasteiger partial charge is 0.348 e. The van der Waals surface area contributed by atoms with Gasteiger partial charge >= 0.3 is 6.03 Å². The van der Waals surface area contributed by atoms with Gasteiger partial charge in [0.1, 0.15) is 0 Å². The molecule has 0 saturated carbocycles. The number of aliphatic imine (C=N–C) groups is 1. The van der Waals surface area contributed by atoms with Crippen LogP contribution < -0.4 is 15.9 Å². The van der Waals surface area contributed by atoms with E-state index < -0.39 is 11.9 Å². The van der Waals surface area contributed by atoms with Crippen LogP contribution >= 0.6 is 0 Å². The summed E-state index contributed by atoms with van der Waals surface area (Å²) in [5.41, 5.74) is 1.15. The molecular formula is C10H5N3O2. The third-order valence-corrected chi connectivity index (χ3v) is 2.33. The highest BCUT2D eigenvalue weighted by molar-refractivity contribution is 6.07. The van der Waals surface area contributed by atoms with Gasteiger partial charge in [-0.05, 0) is 18.2 Å². The lowest BCUT2D eigenvalue weighted by Crippen LogP contribution is -2.43. The molecule has 0 radical (unpaired) electrons. The number of carbonyl (C=O) groups is 2. The molecule has 2 aliphatic heterocycles. The van der Waals surface area contributed by atoms with Crippen LogP contribution in [0.15, 0.2) is 22.1 Å². The van der Waals surface area contributed by atoms with Crippen molar-refractivity contribution in [1.82, 2.24) is 5.32 Å². The summed E-state index contributed by atoms with van der Waals surface area (Å²) in [6.07, 6.45) is 3.36. The maximum absolute atomic E-state index is 11.4. The molecule has 1 N–H and O–H groups in total. The first-order chi connectivity index (χ1) is 7.25. The second kappa shape index (κ2) is 2.60. The van der Waals surface area contributed by atoms with Gasteiger partial charge in [-0.2, -0.15) is 4.99 Å². The first-order valence-corrected chi connectivity index (χ1v) is 4.37. The maximum atomic E-state index is 11.4. The first-order valence-electron chi connectivity index (χ1n) is 4.37. The Balaban J connectivity index is 2.50. The molecule has 5 heteroatoms. The number of hydrogen-bond donors (Lipinski definition) is 1. The SMILES string of the molecule is O=C1N=c2c(ccc3c2=CC=N3)C(=O)N1. The standard InChI is InChI=1S/C10H5N3O2/c14-9-6-1-2-7-5(3-4-11-7)8(6)12-10(15)13-9/h1-4H,(H,13,14,15). The average molecular weight is 199 g/mol. The second-order valence-electron chi connectivity index (χ2n) is 3.21. The number of amides is 3. The van der Waals surface area contributed by atoms with Crippen molar-refractivity contribution in [3.8, 4) is 0 Å². The molecule has 2 aliphatic rings. The van der Waals surface area contributed by atoms with Gasteiger partial charge in [0.05, 0.1) is 16.6 Å². The highest BCUT2D eigenvalue weighted by Crippen LogP contribution is 2.07. The van der Waals surface area contributed by atoms with Crippen molar-refractivity contribution in [2.24, 2.45) is 9.98 Å². The Hall–Kier alpha value is -2.30. The van der Waals surface area contributed by atoms with E-state index in [4.69, 9.17) is 0 Å². The summed E-state index contributed by atoms with van der Waals surface area (Å²) in [5, 5.41) is 3.28. The number of nitrogens with zero attached hydrogens (tertiary/aromatic N) is 2. The van der Waals surface area contributed by atoms with Gasteiger partial charge in [-0.15, -0.1) is 0 Å². The lowest BCUT2D eigenvalue weighted by atomic mass is 10.1. The van der Waals surface area contributed by atoms with Crippen molar-refractivity contribution in [1.29, 1.82) is 0 Å². The minimum atomic E-state index is -0.624. The van der Waals surface area contributed by atoms with Crippen LogP contribution in [0.2, 0.25) is 0 Å². The number of nitrogens with one attached hydrogen (secondary N) is 1. The molecule has 0 aromatic heterocycles. The van der Waals surface area contributed by atoms with E-state index in [9.17, 15) is 9.59 Å². The first kappa shape index (κ1) is 8.05. The van der Waals surface area contributed by atoms with Crippen LogP contribution in [0.1, 0.15) is 10.4 Å². The summed E-state index contributed by atoms with van der Waals surface area (Å²) >= 11 is 0. The van der Waals surface area contributed by atoms with Gasteiger partial charge in [0.25, 0.3) is 5.91 Å². The third kappa shape index (κ3) is 1.03. The van der Waals surface area contributed by atoms with Gasteiger partial charge < -0.3 is 0 Å². The normalized spacial score (nSPS) is 16.3. The third-order valence-electron chi connectivity index (χ3n) is 2.33. The number of urea groups is 1. The highest BCUT2D eigenvalue weighted by atomic mass is 16.2. The van der Waals surface area contributed by atoms with Crippen molar-refractivity contribution in [2.45, 2.75) is 0 Å². The van der Waals surface area contributed by atoms with Crippen molar-refractivity contribution in [2.75, 3.05) is 0 Å². The fourth-order valence-corrected chi connectivity index (χ4v) is 1.66. The zero-order valence-electron chi connectivity index (χ0n) is 7.52. The molecule has 1 aromatic carbocycles. The molecule has 3 rings (SSSR count). The Bertz CT molecular complexity index is 643. The smallest absolute Gasteiger partial charge is 0.272 e. The van der Waals surface area contributed by atoms with Crippen molar-refractivity contribution in [3.05, 3.63) is 28.3 Å². The molecule has 0 spiro atoms. The quantitative estimate of drug-likeness (QED) is 0.621. The monoisotopic (exact) mass is 199 g/mol. The summed E-state index contributed by atoms with van der Waals surface area (Å²) < 4.78 is 0. The van der Waals surface area contributed by atoms with Gasteiger partial charge in [-0.1, -0.05) is 0 Å². The topological polar surface area (TPSA) is 70.9 Å². The van der Waals surface area contributed by atoms with Crippen LogP contribution in [-0.4, -0.2) is 18.2 Å². The van der Waals surface area contributed by atoms with Crippen LogP contribution in [0.3, 0.4) is 0 Å². The van der Waals surface area contributed by atoms with Gasteiger partial charge in [0.15, 0.2) is 0 Å². The Morgan fingerprint density at radius 3 is 2.93 bits per heavy atom. The molecule has 2 heterocycles. The summed E-state index contributed by atoms with van der Waals surface area (Å²) in [7, 11) is 0. The lowest BCUT2D eigenvalue weighted by molar-refractivity contribution is 0.0960. The van der Waals surface area contributed by atoms with Gasteiger partial charge in [0.2, 0.25) is 0 Å². The Labute approximate surface area is 83.9 Å². The number of benzene rings is 1. The van der Waals surface area contributed by atoms with Gasteiger partial charge in [0, 0.05) is 11.4 Å². The highest BCUT2D eigenvalue weighted by Gasteiger charge is 2.19. The molecule has 1 aromatic rings. The number of rotatable bonds is 0. The van der Waals surface area contributed by atoms with E-state index in [2.05, 4.69) is 15.3 Å². The molecule has 0 atom stereocenters.